The zero-order valence-corrected chi connectivity index (χ0v) is 12.9. The van der Waals surface area contributed by atoms with Gasteiger partial charge in [0.25, 0.3) is 10.1 Å². The highest BCUT2D eigenvalue weighted by Gasteiger charge is 2.13. The van der Waals surface area contributed by atoms with Crippen molar-refractivity contribution in [1.29, 1.82) is 0 Å². The molecule has 16 heavy (non-hydrogen) atoms. The van der Waals surface area contributed by atoms with Crippen LogP contribution in [0.25, 0.3) is 0 Å². The van der Waals surface area contributed by atoms with E-state index in [1.54, 1.807) is 12.1 Å². The van der Waals surface area contributed by atoms with E-state index in [-0.39, 0.29) is 0 Å². The van der Waals surface area contributed by atoms with Crippen molar-refractivity contribution in [3.05, 3.63) is 25.3 Å². The van der Waals surface area contributed by atoms with Crippen LogP contribution in [0.3, 0.4) is 0 Å². The van der Waals surface area contributed by atoms with Crippen LogP contribution in [0.5, 0.6) is 0 Å². The van der Waals surface area contributed by atoms with Gasteiger partial charge in [0.05, 0.1) is 0 Å². The maximum Gasteiger partial charge on any atom is 0.274 e. The number of halogens is 2. The Labute approximate surface area is 120 Å². The Morgan fingerprint density at radius 3 is 2.19 bits per heavy atom. The monoisotopic (exact) mass is 467 g/mol. The van der Waals surface area contributed by atoms with Crippen molar-refractivity contribution in [3.8, 4) is 0 Å². The van der Waals surface area contributed by atoms with Gasteiger partial charge < -0.3 is 5.32 Å². The summed E-state index contributed by atoms with van der Waals surface area (Å²) in [6, 6.07) is 5.30. The van der Waals surface area contributed by atoms with Crippen molar-refractivity contribution in [2.24, 2.45) is 0 Å². The topological polar surface area (TPSA) is 83.5 Å². The fourth-order valence-corrected chi connectivity index (χ4v) is 3.33. The lowest BCUT2D eigenvalue weighted by Gasteiger charge is -2.05. The molecule has 8 heteroatoms. The molecule has 0 heterocycles. The molecule has 5 nitrogen and oxygen atoms in total. The number of nitrogens with one attached hydrogen (secondary N) is 1. The third kappa shape index (κ3) is 5.41. The first-order valence-electron chi connectivity index (χ1n) is 3.97. The molecule has 0 saturated carbocycles. The van der Waals surface area contributed by atoms with E-state index in [1.807, 2.05) is 6.07 Å². The van der Waals surface area contributed by atoms with Crippen LogP contribution in [-0.2, 0) is 14.9 Å². The molecule has 0 aliphatic carbocycles. The summed E-state index contributed by atoms with van der Waals surface area (Å²) in [4.78, 5) is 11.2. The molecule has 1 amide bonds. The second-order valence-electron chi connectivity index (χ2n) is 2.93. The highest BCUT2D eigenvalue weighted by Crippen LogP contribution is 2.18. The Hall–Kier alpha value is 0.0600. The lowest BCUT2D eigenvalue weighted by atomic mass is 10.3. The van der Waals surface area contributed by atoms with Crippen LogP contribution in [0.1, 0.15) is 0 Å². The third-order valence-electron chi connectivity index (χ3n) is 1.46. The zero-order valence-electron chi connectivity index (χ0n) is 7.78. The van der Waals surface area contributed by atoms with Gasteiger partial charge in [-0.25, -0.2) is 0 Å². The quantitative estimate of drug-likeness (QED) is 0.525. The summed E-state index contributed by atoms with van der Waals surface area (Å²) in [5.74, 6) is -1.70. The van der Waals surface area contributed by atoms with Crippen molar-refractivity contribution in [3.63, 3.8) is 0 Å². The summed E-state index contributed by atoms with van der Waals surface area (Å²) in [7, 11) is -4.28. The number of carbonyl (C=O) groups is 1. The minimum absolute atomic E-state index is 0.505. The maximum absolute atomic E-state index is 11.2. The minimum Gasteiger partial charge on any atom is -0.325 e. The smallest absolute Gasteiger partial charge is 0.274 e. The summed E-state index contributed by atoms with van der Waals surface area (Å²) < 4.78 is 31.2. The number of rotatable bonds is 3. The van der Waals surface area contributed by atoms with Gasteiger partial charge >= 0.3 is 0 Å². The standard InChI is InChI=1S/C8H7I2NO4S/c9-5-1-6(10)3-7(2-5)11-8(12)4-16(13,14)15/h1-3H,4H2,(H,11,12)(H,13,14,15). The van der Waals surface area contributed by atoms with E-state index in [4.69, 9.17) is 4.55 Å². The van der Waals surface area contributed by atoms with Crippen molar-refractivity contribution in [2.45, 2.75) is 0 Å². The number of hydrogen-bond donors (Lipinski definition) is 2. The van der Waals surface area contributed by atoms with Crippen molar-refractivity contribution >= 4 is 66.9 Å². The molecule has 0 aliphatic heterocycles. The number of benzene rings is 1. The molecule has 0 spiro atoms. The van der Waals surface area contributed by atoms with Gasteiger partial charge in [-0.15, -0.1) is 0 Å². The first-order valence-corrected chi connectivity index (χ1v) is 7.74. The summed E-state index contributed by atoms with van der Waals surface area (Å²) >= 11 is 4.16. The third-order valence-corrected chi connectivity index (χ3v) is 3.33. The molecule has 0 unspecified atom stereocenters. The zero-order chi connectivity index (χ0) is 12.3. The Morgan fingerprint density at radius 1 is 1.25 bits per heavy atom. The maximum atomic E-state index is 11.2. The molecule has 0 atom stereocenters. The molecule has 2 N–H and O–H groups in total. The van der Waals surface area contributed by atoms with Crippen LogP contribution < -0.4 is 5.32 Å². The van der Waals surface area contributed by atoms with E-state index in [9.17, 15) is 13.2 Å². The molecule has 0 bridgehead atoms. The number of anilines is 1. The highest BCUT2D eigenvalue weighted by atomic mass is 127. The van der Waals surface area contributed by atoms with Crippen LogP contribution >= 0.6 is 45.2 Å². The van der Waals surface area contributed by atoms with Gasteiger partial charge in [-0.2, -0.15) is 8.42 Å². The molecular formula is C8H7I2NO4S. The van der Waals surface area contributed by atoms with Gasteiger partial charge in [-0.3, -0.25) is 9.35 Å². The van der Waals surface area contributed by atoms with E-state index in [0.717, 1.165) is 7.14 Å². The summed E-state index contributed by atoms with van der Waals surface area (Å²) in [6.45, 7) is 0. The largest absolute Gasteiger partial charge is 0.325 e. The van der Waals surface area contributed by atoms with Gasteiger partial charge in [-0.1, -0.05) is 0 Å². The molecule has 1 aromatic carbocycles. The number of carbonyl (C=O) groups excluding carboxylic acids is 1. The second kappa shape index (κ2) is 5.60. The SMILES string of the molecule is O=C(CS(=O)(=O)O)Nc1cc(I)cc(I)c1. The van der Waals surface area contributed by atoms with E-state index in [0.29, 0.717) is 5.69 Å². The predicted octanol–water partition coefficient (Wildman–Crippen LogP) is 1.72. The average Bonchev–Trinajstić information content (AvgIpc) is 1.96. The van der Waals surface area contributed by atoms with Gasteiger partial charge in [-0.05, 0) is 63.4 Å². The Kier molecular flexibility index (Phi) is 4.94. The van der Waals surface area contributed by atoms with Gasteiger partial charge in [0.2, 0.25) is 5.91 Å². The Morgan fingerprint density at radius 2 is 1.75 bits per heavy atom. The van der Waals surface area contributed by atoms with Crippen LogP contribution in [0.15, 0.2) is 18.2 Å². The first kappa shape index (κ1) is 14.1. The normalized spacial score (nSPS) is 11.2. The molecule has 0 aliphatic rings. The van der Waals surface area contributed by atoms with Crippen LogP contribution in [0.4, 0.5) is 5.69 Å². The van der Waals surface area contributed by atoms with E-state index in [2.05, 4.69) is 50.5 Å². The van der Waals surface area contributed by atoms with Crippen LogP contribution in [0.2, 0.25) is 0 Å². The van der Waals surface area contributed by atoms with E-state index >= 15 is 0 Å². The van der Waals surface area contributed by atoms with E-state index in [1.165, 1.54) is 0 Å². The minimum atomic E-state index is -4.28. The summed E-state index contributed by atoms with van der Waals surface area (Å²) in [6.07, 6.45) is 0. The highest BCUT2D eigenvalue weighted by molar-refractivity contribution is 14.1. The van der Waals surface area contributed by atoms with Crippen molar-refractivity contribution in [1.82, 2.24) is 0 Å². The van der Waals surface area contributed by atoms with E-state index < -0.39 is 21.8 Å². The Bertz CT molecular complexity index is 495. The van der Waals surface area contributed by atoms with Crippen molar-refractivity contribution < 1.29 is 17.8 Å². The summed E-state index contributed by atoms with van der Waals surface area (Å²) in [5.41, 5.74) is 0.505. The van der Waals surface area contributed by atoms with Crippen LogP contribution in [-0.4, -0.2) is 24.6 Å². The first-order chi connectivity index (χ1) is 7.26. The lowest BCUT2D eigenvalue weighted by Crippen LogP contribution is -2.22. The molecule has 0 radical (unpaired) electrons. The van der Waals surface area contributed by atoms with Crippen LogP contribution in [0, 0.1) is 7.14 Å². The fourth-order valence-electron chi connectivity index (χ4n) is 0.989. The molecule has 1 aromatic rings. The van der Waals surface area contributed by atoms with Gasteiger partial charge in [0.1, 0.15) is 0 Å². The Balaban J connectivity index is 2.77. The fraction of sp³-hybridized carbons (Fsp3) is 0.125. The number of hydrogen-bond acceptors (Lipinski definition) is 3. The lowest BCUT2D eigenvalue weighted by molar-refractivity contribution is -0.113. The second-order valence-corrected chi connectivity index (χ2v) is 6.88. The van der Waals surface area contributed by atoms with Gasteiger partial charge in [0, 0.05) is 12.8 Å². The molecule has 1 rings (SSSR count). The molecule has 88 valence electrons. The average molecular weight is 467 g/mol. The molecule has 0 fully saturated rings. The molecular weight excluding hydrogens is 460 g/mol. The van der Waals surface area contributed by atoms with Gasteiger partial charge in [0.15, 0.2) is 5.75 Å². The number of amides is 1. The predicted molar refractivity (Wildman–Crippen MR) is 76.9 cm³/mol. The summed E-state index contributed by atoms with van der Waals surface area (Å²) in [5, 5.41) is 2.39. The molecule has 0 aromatic heterocycles. The van der Waals surface area contributed by atoms with Crippen molar-refractivity contribution in [2.75, 3.05) is 11.1 Å². The molecule has 0 saturated heterocycles.